The van der Waals surface area contributed by atoms with Crippen molar-refractivity contribution in [2.45, 2.75) is 26.3 Å². The second-order valence-corrected chi connectivity index (χ2v) is 4.09. The minimum absolute atomic E-state index is 0.0276. The predicted molar refractivity (Wildman–Crippen MR) is 69.4 cm³/mol. The van der Waals surface area contributed by atoms with E-state index in [-0.39, 0.29) is 11.9 Å². The molecule has 6 heteroatoms. The van der Waals surface area contributed by atoms with Gasteiger partial charge in [0.05, 0.1) is 6.20 Å². The molecule has 1 atom stereocenters. The number of anilines is 1. The highest BCUT2D eigenvalue weighted by Crippen LogP contribution is 2.13. The van der Waals surface area contributed by atoms with Gasteiger partial charge in [0.15, 0.2) is 5.82 Å². The van der Waals surface area contributed by atoms with Gasteiger partial charge in [-0.25, -0.2) is 9.50 Å². The van der Waals surface area contributed by atoms with Gasteiger partial charge in [0.1, 0.15) is 11.6 Å². The summed E-state index contributed by atoms with van der Waals surface area (Å²) in [6, 6.07) is 1.52. The molecule has 0 aromatic carbocycles. The van der Waals surface area contributed by atoms with Crippen molar-refractivity contribution in [1.82, 2.24) is 19.9 Å². The Kier molecular flexibility index (Phi) is 3.76. The first-order chi connectivity index (χ1) is 8.72. The number of amides is 1. The maximum absolute atomic E-state index is 11.8. The van der Waals surface area contributed by atoms with Gasteiger partial charge in [-0.1, -0.05) is 6.92 Å². The van der Waals surface area contributed by atoms with Crippen LogP contribution in [0.4, 0.5) is 5.82 Å². The molecule has 1 amide bonds. The highest BCUT2D eigenvalue weighted by atomic mass is 16.2. The fourth-order valence-corrected chi connectivity index (χ4v) is 1.64. The van der Waals surface area contributed by atoms with Crippen LogP contribution in [0.3, 0.4) is 0 Å². The van der Waals surface area contributed by atoms with Crippen LogP contribution < -0.4 is 10.6 Å². The Balaban J connectivity index is 2.09. The van der Waals surface area contributed by atoms with Crippen molar-refractivity contribution in [3.63, 3.8) is 0 Å². The Hall–Kier alpha value is -2.11. The van der Waals surface area contributed by atoms with Crippen LogP contribution >= 0.6 is 0 Å². The van der Waals surface area contributed by atoms with E-state index in [1.54, 1.807) is 23.1 Å². The second kappa shape index (κ2) is 5.48. The van der Waals surface area contributed by atoms with E-state index in [1.165, 1.54) is 0 Å². The molecule has 2 heterocycles. The molecule has 18 heavy (non-hydrogen) atoms. The van der Waals surface area contributed by atoms with Crippen LogP contribution in [0.25, 0.3) is 5.52 Å². The summed E-state index contributed by atoms with van der Waals surface area (Å²) >= 11 is 0. The molecular weight excluding hydrogens is 230 g/mol. The minimum Gasteiger partial charge on any atom is -0.357 e. The van der Waals surface area contributed by atoms with E-state index in [0.717, 1.165) is 11.9 Å². The molecule has 2 rings (SSSR count). The van der Waals surface area contributed by atoms with E-state index < -0.39 is 0 Å². The number of nitrogens with zero attached hydrogens (tertiary/aromatic N) is 3. The normalized spacial score (nSPS) is 12.3. The molecule has 0 aliphatic heterocycles. The van der Waals surface area contributed by atoms with E-state index >= 15 is 0 Å². The summed E-state index contributed by atoms with van der Waals surface area (Å²) in [4.78, 5) is 16.0. The summed E-state index contributed by atoms with van der Waals surface area (Å²) in [5.41, 5.74) is 0.854. The van der Waals surface area contributed by atoms with Crippen molar-refractivity contribution < 1.29 is 4.79 Å². The largest absolute Gasteiger partial charge is 0.357 e. The van der Waals surface area contributed by atoms with Crippen LogP contribution in [-0.2, 0) is 4.79 Å². The van der Waals surface area contributed by atoms with Crippen LogP contribution in [0.5, 0.6) is 0 Å². The summed E-state index contributed by atoms with van der Waals surface area (Å²) in [7, 11) is 0. The molecule has 6 nitrogen and oxygen atoms in total. The number of hydrogen-bond donors (Lipinski definition) is 2. The molecule has 0 saturated carbocycles. The van der Waals surface area contributed by atoms with Crippen LogP contribution in [0, 0.1) is 0 Å². The third kappa shape index (κ3) is 2.58. The number of rotatable bonds is 5. The fourth-order valence-electron chi connectivity index (χ4n) is 1.64. The molecule has 0 aliphatic rings. The standard InChI is InChI=1S/C12H17N5O/c1-3-5-14-12(18)9(2)16-11-10-4-6-15-17(10)8-7-13-11/h4,6-9H,3,5H2,1-2H3,(H,13,16)(H,14,18). The minimum atomic E-state index is -0.329. The number of hydrogen-bond acceptors (Lipinski definition) is 4. The van der Waals surface area contributed by atoms with E-state index in [2.05, 4.69) is 20.7 Å². The van der Waals surface area contributed by atoms with Gasteiger partial charge < -0.3 is 10.6 Å². The van der Waals surface area contributed by atoms with Crippen LogP contribution in [0.2, 0.25) is 0 Å². The zero-order chi connectivity index (χ0) is 13.0. The van der Waals surface area contributed by atoms with Crippen molar-refractivity contribution in [2.75, 3.05) is 11.9 Å². The average Bonchev–Trinajstić information content (AvgIpc) is 2.85. The number of nitrogens with one attached hydrogen (secondary N) is 2. The first-order valence-electron chi connectivity index (χ1n) is 6.05. The summed E-state index contributed by atoms with van der Waals surface area (Å²) < 4.78 is 1.71. The van der Waals surface area contributed by atoms with Crippen molar-refractivity contribution in [3.8, 4) is 0 Å². The zero-order valence-electron chi connectivity index (χ0n) is 10.6. The van der Waals surface area contributed by atoms with Crippen molar-refractivity contribution in [3.05, 3.63) is 24.7 Å². The van der Waals surface area contributed by atoms with Gasteiger partial charge >= 0.3 is 0 Å². The van der Waals surface area contributed by atoms with Gasteiger partial charge in [-0.3, -0.25) is 4.79 Å². The zero-order valence-corrected chi connectivity index (χ0v) is 10.6. The summed E-state index contributed by atoms with van der Waals surface area (Å²) in [5.74, 6) is 0.634. The van der Waals surface area contributed by atoms with Gasteiger partial charge in [0.25, 0.3) is 0 Å². The van der Waals surface area contributed by atoms with Crippen molar-refractivity contribution in [2.24, 2.45) is 0 Å². The van der Waals surface area contributed by atoms with Crippen LogP contribution in [0.15, 0.2) is 24.7 Å². The van der Waals surface area contributed by atoms with Gasteiger partial charge in [-0.15, -0.1) is 0 Å². The second-order valence-electron chi connectivity index (χ2n) is 4.09. The van der Waals surface area contributed by atoms with Gasteiger partial charge in [0.2, 0.25) is 5.91 Å². The van der Waals surface area contributed by atoms with Crippen LogP contribution in [0.1, 0.15) is 20.3 Å². The van der Waals surface area contributed by atoms with E-state index in [0.29, 0.717) is 12.4 Å². The SMILES string of the molecule is CCCNC(=O)C(C)Nc1nccn2nccc12. The molecule has 0 spiro atoms. The molecule has 0 radical (unpaired) electrons. The predicted octanol–water partition coefficient (Wildman–Crippen LogP) is 1.06. The smallest absolute Gasteiger partial charge is 0.242 e. The molecular formula is C12H17N5O. The molecule has 2 aromatic heterocycles. The molecule has 2 N–H and O–H groups in total. The summed E-state index contributed by atoms with van der Waals surface area (Å²) in [5, 5.41) is 10.1. The summed E-state index contributed by atoms with van der Waals surface area (Å²) in [6.07, 6.45) is 6.04. The van der Waals surface area contributed by atoms with Gasteiger partial charge in [-0.2, -0.15) is 5.10 Å². The van der Waals surface area contributed by atoms with E-state index in [1.807, 2.05) is 19.9 Å². The number of fused-ring (bicyclic) bond motifs is 1. The lowest BCUT2D eigenvalue weighted by Crippen LogP contribution is -2.38. The average molecular weight is 247 g/mol. The Morgan fingerprint density at radius 2 is 2.33 bits per heavy atom. The molecule has 0 saturated heterocycles. The molecule has 0 bridgehead atoms. The molecule has 96 valence electrons. The first-order valence-corrected chi connectivity index (χ1v) is 6.05. The molecule has 2 aromatic rings. The highest BCUT2D eigenvalue weighted by molar-refractivity contribution is 5.85. The highest BCUT2D eigenvalue weighted by Gasteiger charge is 2.13. The van der Waals surface area contributed by atoms with Crippen molar-refractivity contribution >= 4 is 17.2 Å². The van der Waals surface area contributed by atoms with Crippen molar-refractivity contribution in [1.29, 1.82) is 0 Å². The Morgan fingerprint density at radius 1 is 1.50 bits per heavy atom. The lowest BCUT2D eigenvalue weighted by Gasteiger charge is -2.14. The maximum Gasteiger partial charge on any atom is 0.242 e. The lowest BCUT2D eigenvalue weighted by molar-refractivity contribution is -0.121. The Morgan fingerprint density at radius 3 is 3.11 bits per heavy atom. The molecule has 0 aliphatic carbocycles. The quantitative estimate of drug-likeness (QED) is 0.828. The third-order valence-electron chi connectivity index (χ3n) is 2.62. The maximum atomic E-state index is 11.8. The number of aromatic nitrogens is 3. The molecule has 0 fully saturated rings. The third-order valence-corrected chi connectivity index (χ3v) is 2.62. The Bertz CT molecular complexity index is 536. The Labute approximate surface area is 105 Å². The first kappa shape index (κ1) is 12.3. The summed E-state index contributed by atoms with van der Waals surface area (Å²) in [6.45, 7) is 4.52. The lowest BCUT2D eigenvalue weighted by atomic mass is 10.3. The van der Waals surface area contributed by atoms with E-state index in [9.17, 15) is 4.79 Å². The van der Waals surface area contributed by atoms with Gasteiger partial charge in [0, 0.05) is 18.9 Å². The molecule has 1 unspecified atom stereocenters. The van der Waals surface area contributed by atoms with Gasteiger partial charge in [-0.05, 0) is 19.4 Å². The van der Waals surface area contributed by atoms with E-state index in [4.69, 9.17) is 0 Å². The topological polar surface area (TPSA) is 71.3 Å². The monoisotopic (exact) mass is 247 g/mol. The number of carbonyl (C=O) groups is 1. The number of carbonyl (C=O) groups excluding carboxylic acids is 1. The van der Waals surface area contributed by atoms with Crippen LogP contribution in [-0.4, -0.2) is 33.1 Å². The fraction of sp³-hybridized carbons (Fsp3) is 0.417.